The van der Waals surface area contributed by atoms with Crippen molar-refractivity contribution in [2.75, 3.05) is 13.1 Å². The number of carbonyl (C=O) groups excluding carboxylic acids is 1. The maximum Gasteiger partial charge on any atom is 0.252 e. The summed E-state index contributed by atoms with van der Waals surface area (Å²) in [6.07, 6.45) is 1.04. The Kier molecular flexibility index (Phi) is 6.23. The minimum absolute atomic E-state index is 0. The van der Waals surface area contributed by atoms with Crippen molar-refractivity contribution < 1.29 is 9.18 Å². The molecule has 1 aliphatic rings. The van der Waals surface area contributed by atoms with Crippen molar-refractivity contribution in [1.29, 1.82) is 0 Å². The fourth-order valence-corrected chi connectivity index (χ4v) is 2.53. The first-order chi connectivity index (χ1) is 8.58. The lowest BCUT2D eigenvalue weighted by Crippen LogP contribution is -2.50. The van der Waals surface area contributed by atoms with Gasteiger partial charge in [-0.1, -0.05) is 6.92 Å². The van der Waals surface area contributed by atoms with Gasteiger partial charge in [0, 0.05) is 17.1 Å². The molecule has 2 unspecified atom stereocenters. The molecule has 0 aromatic heterocycles. The van der Waals surface area contributed by atoms with E-state index >= 15 is 0 Å². The number of hydrogen-bond donors (Lipinski definition) is 2. The monoisotopic (exact) mass is 350 g/mol. The largest absolute Gasteiger partial charge is 0.348 e. The number of rotatable bonds is 2. The van der Waals surface area contributed by atoms with Crippen molar-refractivity contribution in [3.8, 4) is 0 Å². The first-order valence-corrected chi connectivity index (χ1v) is 6.84. The average molecular weight is 352 g/mol. The van der Waals surface area contributed by atoms with Gasteiger partial charge in [-0.15, -0.1) is 12.4 Å². The van der Waals surface area contributed by atoms with Crippen LogP contribution in [0.25, 0.3) is 0 Å². The Morgan fingerprint density at radius 3 is 2.95 bits per heavy atom. The van der Waals surface area contributed by atoms with Crippen molar-refractivity contribution in [3.05, 3.63) is 34.1 Å². The van der Waals surface area contributed by atoms with Gasteiger partial charge >= 0.3 is 0 Å². The van der Waals surface area contributed by atoms with E-state index in [-0.39, 0.29) is 24.4 Å². The van der Waals surface area contributed by atoms with Gasteiger partial charge in [0.1, 0.15) is 5.82 Å². The second kappa shape index (κ2) is 7.22. The molecule has 0 bridgehead atoms. The normalized spacial score (nSPS) is 22.5. The summed E-state index contributed by atoms with van der Waals surface area (Å²) in [5.41, 5.74) is 0.341. The van der Waals surface area contributed by atoms with Crippen LogP contribution < -0.4 is 10.6 Å². The van der Waals surface area contributed by atoms with Gasteiger partial charge in [-0.05, 0) is 53.0 Å². The molecule has 1 fully saturated rings. The minimum Gasteiger partial charge on any atom is -0.348 e. The molecule has 2 atom stereocenters. The van der Waals surface area contributed by atoms with Crippen molar-refractivity contribution in [3.63, 3.8) is 0 Å². The summed E-state index contributed by atoms with van der Waals surface area (Å²) >= 11 is 3.27. The molecule has 1 aromatic rings. The van der Waals surface area contributed by atoms with Gasteiger partial charge < -0.3 is 10.6 Å². The van der Waals surface area contributed by atoms with Crippen LogP contribution in [0.1, 0.15) is 23.7 Å². The zero-order valence-corrected chi connectivity index (χ0v) is 13.0. The predicted octanol–water partition coefficient (Wildman–Crippen LogP) is 2.74. The maximum absolute atomic E-state index is 13.1. The third kappa shape index (κ3) is 4.16. The highest BCUT2D eigenvalue weighted by Crippen LogP contribution is 2.19. The fraction of sp³-hybridized carbons (Fsp3) is 0.462. The highest BCUT2D eigenvalue weighted by atomic mass is 79.9. The molecular weight excluding hydrogens is 335 g/mol. The van der Waals surface area contributed by atoms with Gasteiger partial charge in [-0.25, -0.2) is 4.39 Å². The van der Waals surface area contributed by atoms with Crippen molar-refractivity contribution >= 4 is 34.2 Å². The molecule has 2 rings (SSSR count). The lowest BCUT2D eigenvalue weighted by Gasteiger charge is -2.30. The molecule has 1 saturated heterocycles. The average Bonchev–Trinajstić information content (AvgIpc) is 2.35. The van der Waals surface area contributed by atoms with Gasteiger partial charge in [0.15, 0.2) is 0 Å². The molecule has 6 heteroatoms. The quantitative estimate of drug-likeness (QED) is 0.860. The summed E-state index contributed by atoms with van der Waals surface area (Å²) in [6, 6.07) is 4.22. The Hall–Kier alpha value is -0.650. The van der Waals surface area contributed by atoms with Gasteiger partial charge in [0.05, 0.1) is 5.56 Å². The van der Waals surface area contributed by atoms with E-state index in [4.69, 9.17) is 0 Å². The van der Waals surface area contributed by atoms with Crippen molar-refractivity contribution in [2.24, 2.45) is 5.92 Å². The van der Waals surface area contributed by atoms with Gasteiger partial charge in [-0.3, -0.25) is 4.79 Å². The maximum atomic E-state index is 13.1. The van der Waals surface area contributed by atoms with Crippen LogP contribution in [0.15, 0.2) is 22.7 Å². The van der Waals surface area contributed by atoms with Crippen LogP contribution in [0, 0.1) is 11.7 Å². The van der Waals surface area contributed by atoms with Crippen LogP contribution in [-0.4, -0.2) is 25.0 Å². The topological polar surface area (TPSA) is 41.1 Å². The third-order valence-corrected chi connectivity index (χ3v) is 4.01. The first-order valence-electron chi connectivity index (χ1n) is 6.04. The zero-order chi connectivity index (χ0) is 13.1. The van der Waals surface area contributed by atoms with Crippen molar-refractivity contribution in [2.45, 2.75) is 19.4 Å². The Morgan fingerprint density at radius 2 is 2.26 bits per heavy atom. The molecule has 1 amide bonds. The number of amides is 1. The standard InChI is InChI=1S/C13H16BrFN2O.ClH/c1-8-4-5-16-7-12(8)17-13(18)10-6-9(15)2-3-11(10)14;/h2-3,6,8,12,16H,4-5,7H2,1H3,(H,17,18);1H. The molecular formula is C13H17BrClFN2O. The minimum atomic E-state index is -0.404. The SMILES string of the molecule is CC1CCNCC1NC(=O)c1cc(F)ccc1Br.Cl. The number of carbonyl (C=O) groups is 1. The van der Waals surface area contributed by atoms with Crippen molar-refractivity contribution in [1.82, 2.24) is 10.6 Å². The summed E-state index contributed by atoms with van der Waals surface area (Å²) in [7, 11) is 0. The predicted molar refractivity (Wildman–Crippen MR) is 79.3 cm³/mol. The van der Waals surface area contributed by atoms with E-state index in [1.165, 1.54) is 12.1 Å². The molecule has 0 radical (unpaired) electrons. The zero-order valence-electron chi connectivity index (χ0n) is 10.6. The van der Waals surface area contributed by atoms with Crippen LogP contribution in [0.4, 0.5) is 4.39 Å². The molecule has 1 aliphatic heterocycles. The molecule has 1 heterocycles. The lowest BCUT2D eigenvalue weighted by atomic mass is 9.94. The molecule has 0 saturated carbocycles. The van der Waals surface area contributed by atoms with Crippen LogP contribution in [0.5, 0.6) is 0 Å². The molecule has 19 heavy (non-hydrogen) atoms. The Labute approximate surface area is 126 Å². The van der Waals surface area contributed by atoms with E-state index < -0.39 is 5.82 Å². The highest BCUT2D eigenvalue weighted by Gasteiger charge is 2.23. The van der Waals surface area contributed by atoms with E-state index in [0.717, 1.165) is 19.5 Å². The molecule has 106 valence electrons. The number of piperidine rings is 1. The first kappa shape index (κ1) is 16.4. The van der Waals surface area contributed by atoms with E-state index in [9.17, 15) is 9.18 Å². The second-order valence-corrected chi connectivity index (χ2v) is 5.53. The smallest absolute Gasteiger partial charge is 0.252 e. The summed E-state index contributed by atoms with van der Waals surface area (Å²) in [5, 5.41) is 6.20. The van der Waals surface area contributed by atoms with E-state index in [1.807, 2.05) is 0 Å². The van der Waals surface area contributed by atoms with E-state index in [1.54, 1.807) is 6.07 Å². The number of halogens is 3. The molecule has 1 aromatic carbocycles. The highest BCUT2D eigenvalue weighted by molar-refractivity contribution is 9.10. The van der Waals surface area contributed by atoms with E-state index in [0.29, 0.717) is 16.0 Å². The van der Waals surface area contributed by atoms with Crippen LogP contribution in [-0.2, 0) is 0 Å². The molecule has 0 aliphatic carbocycles. The number of nitrogens with one attached hydrogen (secondary N) is 2. The summed E-state index contributed by atoms with van der Waals surface area (Å²) < 4.78 is 13.8. The summed E-state index contributed by atoms with van der Waals surface area (Å²) in [4.78, 5) is 12.1. The number of benzene rings is 1. The molecule has 3 nitrogen and oxygen atoms in total. The summed E-state index contributed by atoms with van der Waals surface area (Å²) in [5.74, 6) is -0.206. The lowest BCUT2D eigenvalue weighted by molar-refractivity contribution is 0.0914. The Bertz CT molecular complexity index is 458. The van der Waals surface area contributed by atoms with Crippen LogP contribution in [0.2, 0.25) is 0 Å². The third-order valence-electron chi connectivity index (χ3n) is 3.32. The van der Waals surface area contributed by atoms with Crippen LogP contribution >= 0.6 is 28.3 Å². The molecule has 2 N–H and O–H groups in total. The van der Waals surface area contributed by atoms with Gasteiger partial charge in [0.2, 0.25) is 0 Å². The van der Waals surface area contributed by atoms with E-state index in [2.05, 4.69) is 33.5 Å². The van der Waals surface area contributed by atoms with Gasteiger partial charge in [0.25, 0.3) is 5.91 Å². The van der Waals surface area contributed by atoms with Gasteiger partial charge in [-0.2, -0.15) is 0 Å². The fourth-order valence-electron chi connectivity index (χ4n) is 2.10. The Morgan fingerprint density at radius 1 is 1.53 bits per heavy atom. The second-order valence-electron chi connectivity index (χ2n) is 4.67. The van der Waals surface area contributed by atoms with Crippen LogP contribution in [0.3, 0.4) is 0 Å². The summed E-state index contributed by atoms with van der Waals surface area (Å²) in [6.45, 7) is 3.86. The Balaban J connectivity index is 0.00000180. The number of hydrogen-bond acceptors (Lipinski definition) is 2. The molecule has 0 spiro atoms.